The number of ether oxygens (including phenoxy) is 2. The van der Waals surface area contributed by atoms with E-state index in [0.29, 0.717) is 11.5 Å². The summed E-state index contributed by atoms with van der Waals surface area (Å²) in [4.78, 5) is 15.3. The fourth-order valence-corrected chi connectivity index (χ4v) is 3.49. The summed E-state index contributed by atoms with van der Waals surface area (Å²) >= 11 is 5.60. The number of amides is 1. The summed E-state index contributed by atoms with van der Waals surface area (Å²) < 4.78 is 11.1. The standard InChI is InChI=1S/C22H26N2O3S/c1-15-6-8-18(12-16(15)2)23-21(25)14-27-19-9-7-17(13-20(19)26-3)22(28)24-10-4-5-11-24/h6-9,12-13H,4-5,10-11,14H2,1-3H3,(H,23,25). The monoisotopic (exact) mass is 398 g/mol. The van der Waals surface area contributed by atoms with Crippen molar-refractivity contribution in [1.82, 2.24) is 4.90 Å². The van der Waals surface area contributed by atoms with Gasteiger partial charge in [0.05, 0.1) is 7.11 Å². The van der Waals surface area contributed by atoms with Crippen molar-refractivity contribution in [2.24, 2.45) is 0 Å². The van der Waals surface area contributed by atoms with Gasteiger partial charge >= 0.3 is 0 Å². The van der Waals surface area contributed by atoms with E-state index in [9.17, 15) is 4.79 Å². The Morgan fingerprint density at radius 2 is 1.82 bits per heavy atom. The van der Waals surface area contributed by atoms with Crippen LogP contribution in [0.25, 0.3) is 0 Å². The van der Waals surface area contributed by atoms with Gasteiger partial charge in [-0.15, -0.1) is 0 Å². The molecule has 1 N–H and O–H groups in total. The number of methoxy groups -OCH3 is 1. The van der Waals surface area contributed by atoms with Crippen LogP contribution < -0.4 is 14.8 Å². The van der Waals surface area contributed by atoms with Crippen LogP contribution in [0.15, 0.2) is 36.4 Å². The molecule has 0 spiro atoms. The molecular formula is C22H26N2O3S. The van der Waals surface area contributed by atoms with Gasteiger partial charge in [0, 0.05) is 24.3 Å². The molecule has 0 unspecified atom stereocenters. The summed E-state index contributed by atoms with van der Waals surface area (Å²) in [5, 5.41) is 2.85. The van der Waals surface area contributed by atoms with E-state index in [2.05, 4.69) is 10.2 Å². The van der Waals surface area contributed by atoms with Crippen LogP contribution in [0.4, 0.5) is 5.69 Å². The molecule has 0 atom stereocenters. The third kappa shape index (κ3) is 4.81. The number of aryl methyl sites for hydroxylation is 2. The Morgan fingerprint density at radius 1 is 1.07 bits per heavy atom. The molecule has 1 aliphatic rings. The number of nitrogens with zero attached hydrogens (tertiary/aromatic N) is 1. The van der Waals surface area contributed by atoms with Crippen LogP contribution in [0, 0.1) is 13.8 Å². The van der Waals surface area contributed by atoms with E-state index < -0.39 is 0 Å². The van der Waals surface area contributed by atoms with Gasteiger partial charge in [-0.3, -0.25) is 4.79 Å². The maximum absolute atomic E-state index is 12.2. The molecule has 1 aliphatic heterocycles. The molecule has 0 bridgehead atoms. The van der Waals surface area contributed by atoms with Crippen molar-refractivity contribution < 1.29 is 14.3 Å². The van der Waals surface area contributed by atoms with Crippen LogP contribution in [0.1, 0.15) is 29.5 Å². The molecule has 2 aromatic rings. The zero-order valence-electron chi connectivity index (χ0n) is 16.6. The highest BCUT2D eigenvalue weighted by molar-refractivity contribution is 7.80. The quantitative estimate of drug-likeness (QED) is 0.743. The molecule has 2 aromatic carbocycles. The van der Waals surface area contributed by atoms with Crippen molar-refractivity contribution in [2.75, 3.05) is 32.1 Å². The predicted octanol–water partition coefficient (Wildman–Crippen LogP) is 4.10. The first kappa shape index (κ1) is 20.1. The van der Waals surface area contributed by atoms with Gasteiger partial charge < -0.3 is 19.7 Å². The van der Waals surface area contributed by atoms with Gasteiger partial charge in [-0.25, -0.2) is 0 Å². The lowest BCUT2D eigenvalue weighted by Crippen LogP contribution is -2.26. The molecule has 0 saturated carbocycles. The Labute approximate surface area is 171 Å². The van der Waals surface area contributed by atoms with Crippen molar-refractivity contribution in [3.05, 3.63) is 53.1 Å². The Bertz CT molecular complexity index is 876. The third-order valence-corrected chi connectivity index (χ3v) is 5.45. The average molecular weight is 399 g/mol. The smallest absolute Gasteiger partial charge is 0.262 e. The van der Waals surface area contributed by atoms with E-state index in [1.807, 2.05) is 44.2 Å². The molecule has 0 radical (unpaired) electrons. The molecular weight excluding hydrogens is 372 g/mol. The number of nitrogens with one attached hydrogen (secondary N) is 1. The number of hydrogen-bond donors (Lipinski definition) is 1. The number of thiocarbonyl (C=S) groups is 1. The molecule has 148 valence electrons. The van der Waals surface area contributed by atoms with E-state index in [1.165, 1.54) is 18.4 Å². The number of rotatable bonds is 6. The Hall–Kier alpha value is -2.60. The second-order valence-electron chi connectivity index (χ2n) is 7.00. The van der Waals surface area contributed by atoms with Crippen LogP contribution in [-0.2, 0) is 4.79 Å². The van der Waals surface area contributed by atoms with E-state index >= 15 is 0 Å². The van der Waals surface area contributed by atoms with Crippen LogP contribution in [0.2, 0.25) is 0 Å². The number of anilines is 1. The lowest BCUT2D eigenvalue weighted by Gasteiger charge is -2.19. The van der Waals surface area contributed by atoms with Crippen LogP contribution in [-0.4, -0.2) is 42.6 Å². The third-order valence-electron chi connectivity index (χ3n) is 4.95. The fraction of sp³-hybridized carbons (Fsp3) is 0.364. The fourth-order valence-electron chi connectivity index (χ4n) is 3.18. The highest BCUT2D eigenvalue weighted by atomic mass is 32.1. The Morgan fingerprint density at radius 3 is 2.50 bits per heavy atom. The van der Waals surface area contributed by atoms with Crippen LogP contribution in [0.3, 0.4) is 0 Å². The number of carbonyl (C=O) groups is 1. The highest BCUT2D eigenvalue weighted by Crippen LogP contribution is 2.29. The first-order valence-electron chi connectivity index (χ1n) is 9.45. The molecule has 3 rings (SSSR count). The van der Waals surface area contributed by atoms with Gasteiger partial charge in [-0.2, -0.15) is 0 Å². The molecule has 5 nitrogen and oxygen atoms in total. The van der Waals surface area contributed by atoms with Gasteiger partial charge in [0.25, 0.3) is 5.91 Å². The summed E-state index contributed by atoms with van der Waals surface area (Å²) in [6.45, 7) is 5.95. The first-order chi connectivity index (χ1) is 13.5. The van der Waals surface area contributed by atoms with E-state index in [4.69, 9.17) is 21.7 Å². The van der Waals surface area contributed by atoms with Crippen molar-refractivity contribution in [1.29, 1.82) is 0 Å². The van der Waals surface area contributed by atoms with Gasteiger partial charge in [0.15, 0.2) is 18.1 Å². The minimum atomic E-state index is -0.220. The zero-order chi connectivity index (χ0) is 20.1. The molecule has 0 aromatic heterocycles. The van der Waals surface area contributed by atoms with Crippen molar-refractivity contribution in [3.63, 3.8) is 0 Å². The highest BCUT2D eigenvalue weighted by Gasteiger charge is 2.18. The largest absolute Gasteiger partial charge is 0.493 e. The van der Waals surface area contributed by atoms with E-state index in [-0.39, 0.29) is 12.5 Å². The second kappa shape index (κ2) is 9.06. The summed E-state index contributed by atoms with van der Waals surface area (Å²) in [6, 6.07) is 11.4. The molecule has 6 heteroatoms. The summed E-state index contributed by atoms with van der Waals surface area (Å²) in [6.07, 6.45) is 2.35. The minimum absolute atomic E-state index is 0.0980. The van der Waals surface area contributed by atoms with Crippen molar-refractivity contribution >= 4 is 28.8 Å². The predicted molar refractivity (Wildman–Crippen MR) is 116 cm³/mol. The lowest BCUT2D eigenvalue weighted by molar-refractivity contribution is -0.118. The SMILES string of the molecule is COc1cc(C(=S)N2CCCC2)ccc1OCC(=O)Nc1ccc(C)c(C)c1. The van der Waals surface area contributed by atoms with Gasteiger partial charge in [0.2, 0.25) is 0 Å². The summed E-state index contributed by atoms with van der Waals surface area (Å²) in [7, 11) is 1.58. The first-order valence-corrected chi connectivity index (χ1v) is 9.86. The number of hydrogen-bond acceptors (Lipinski definition) is 4. The van der Waals surface area contributed by atoms with Crippen LogP contribution in [0.5, 0.6) is 11.5 Å². The van der Waals surface area contributed by atoms with Gasteiger partial charge in [-0.1, -0.05) is 18.3 Å². The van der Waals surface area contributed by atoms with Crippen LogP contribution >= 0.6 is 12.2 Å². The molecule has 0 aliphatic carbocycles. The van der Waals surface area contributed by atoms with Gasteiger partial charge in [-0.05, 0) is 68.1 Å². The maximum Gasteiger partial charge on any atom is 0.262 e. The Kier molecular flexibility index (Phi) is 6.52. The average Bonchev–Trinajstić information content (AvgIpc) is 3.23. The van der Waals surface area contributed by atoms with Gasteiger partial charge in [0.1, 0.15) is 4.99 Å². The minimum Gasteiger partial charge on any atom is -0.493 e. The number of carbonyl (C=O) groups excluding carboxylic acids is 1. The Balaban J connectivity index is 1.62. The molecule has 1 amide bonds. The second-order valence-corrected chi connectivity index (χ2v) is 7.39. The zero-order valence-corrected chi connectivity index (χ0v) is 17.4. The maximum atomic E-state index is 12.2. The molecule has 1 heterocycles. The van der Waals surface area contributed by atoms with Crippen molar-refractivity contribution in [2.45, 2.75) is 26.7 Å². The van der Waals surface area contributed by atoms with Crippen molar-refractivity contribution in [3.8, 4) is 11.5 Å². The molecule has 1 fully saturated rings. The number of benzene rings is 2. The normalized spacial score (nSPS) is 13.3. The molecule has 28 heavy (non-hydrogen) atoms. The molecule has 1 saturated heterocycles. The summed E-state index contributed by atoms with van der Waals surface area (Å²) in [5.74, 6) is 0.866. The van der Waals surface area contributed by atoms with E-state index in [0.717, 1.165) is 34.9 Å². The number of likely N-dealkylation sites (tertiary alicyclic amines) is 1. The van der Waals surface area contributed by atoms with E-state index in [1.54, 1.807) is 13.2 Å². The summed E-state index contributed by atoms with van der Waals surface area (Å²) in [5.41, 5.74) is 4.01. The topological polar surface area (TPSA) is 50.8 Å². The lowest BCUT2D eigenvalue weighted by atomic mass is 10.1.